The summed E-state index contributed by atoms with van der Waals surface area (Å²) in [6.07, 6.45) is 1.50. The van der Waals surface area contributed by atoms with Crippen molar-refractivity contribution in [1.29, 1.82) is 0 Å². The molecule has 6 heteroatoms. The van der Waals surface area contributed by atoms with Gasteiger partial charge in [0.25, 0.3) is 0 Å². The van der Waals surface area contributed by atoms with E-state index in [-0.39, 0.29) is 0 Å². The molecule has 0 bridgehead atoms. The lowest BCUT2D eigenvalue weighted by molar-refractivity contribution is 0.0635. The number of carbonyl (C=O) groups excluding carboxylic acids is 2. The van der Waals surface area contributed by atoms with Crippen molar-refractivity contribution in [1.82, 2.24) is 5.16 Å². The smallest absolute Gasteiger partial charge is 0.412 e. The summed E-state index contributed by atoms with van der Waals surface area (Å²) in [7, 11) is 0. The second kappa shape index (κ2) is 5.78. The third kappa shape index (κ3) is 3.92. The van der Waals surface area contributed by atoms with E-state index in [1.807, 2.05) is 0 Å². The minimum atomic E-state index is -0.590. The Hall–Kier alpha value is -2.63. The minimum absolute atomic E-state index is 0.406. The Kier molecular flexibility index (Phi) is 4.07. The maximum atomic E-state index is 11.8. The van der Waals surface area contributed by atoms with Gasteiger partial charge in [-0.2, -0.15) is 0 Å². The predicted octanol–water partition coefficient (Wildman–Crippen LogP) is 3.50. The number of carbonyl (C=O) groups is 2. The van der Waals surface area contributed by atoms with E-state index in [1.54, 1.807) is 45.0 Å². The van der Waals surface area contributed by atoms with Crippen molar-refractivity contribution in [2.75, 3.05) is 5.32 Å². The van der Waals surface area contributed by atoms with Crippen molar-refractivity contribution in [3.63, 3.8) is 0 Å². The highest BCUT2D eigenvalue weighted by Gasteiger charge is 2.19. The Morgan fingerprint density at radius 2 is 1.95 bits per heavy atom. The van der Waals surface area contributed by atoms with Crippen LogP contribution in [0.25, 0.3) is 11.3 Å². The molecule has 0 radical (unpaired) electrons. The third-order valence-corrected chi connectivity index (χ3v) is 2.53. The van der Waals surface area contributed by atoms with Crippen molar-refractivity contribution < 1.29 is 18.8 Å². The Morgan fingerprint density at radius 3 is 2.52 bits per heavy atom. The molecule has 2 aromatic rings. The molecule has 21 heavy (non-hydrogen) atoms. The first kappa shape index (κ1) is 14.8. The van der Waals surface area contributed by atoms with Gasteiger partial charge in [0.1, 0.15) is 29.5 Å². The number of anilines is 1. The molecule has 1 N–H and O–H groups in total. The van der Waals surface area contributed by atoms with Crippen LogP contribution in [0.15, 0.2) is 35.1 Å². The van der Waals surface area contributed by atoms with Crippen LogP contribution in [-0.2, 0) is 4.74 Å². The van der Waals surface area contributed by atoms with Gasteiger partial charge in [0, 0.05) is 11.1 Å². The Bertz CT molecular complexity index is 638. The monoisotopic (exact) mass is 288 g/mol. The summed E-state index contributed by atoms with van der Waals surface area (Å²) in [6.45, 7) is 5.33. The molecular formula is C15H16N2O4. The van der Waals surface area contributed by atoms with Crippen molar-refractivity contribution in [2.45, 2.75) is 26.4 Å². The van der Waals surface area contributed by atoms with Gasteiger partial charge in [-0.25, -0.2) is 4.79 Å². The molecule has 0 fully saturated rings. The fourth-order valence-electron chi connectivity index (χ4n) is 1.67. The van der Waals surface area contributed by atoms with Crippen LogP contribution < -0.4 is 5.32 Å². The molecule has 0 atom stereocenters. The van der Waals surface area contributed by atoms with Gasteiger partial charge in [-0.1, -0.05) is 29.4 Å². The Morgan fingerprint density at radius 1 is 1.29 bits per heavy atom. The van der Waals surface area contributed by atoms with Gasteiger partial charge < -0.3 is 9.26 Å². The molecule has 6 nitrogen and oxygen atoms in total. The number of nitrogens with one attached hydrogen (secondary N) is 1. The molecule has 1 amide bonds. The molecule has 1 aromatic carbocycles. The zero-order valence-electron chi connectivity index (χ0n) is 12.0. The van der Waals surface area contributed by atoms with E-state index < -0.39 is 11.7 Å². The maximum absolute atomic E-state index is 11.8. The highest BCUT2D eigenvalue weighted by atomic mass is 16.6. The van der Waals surface area contributed by atoms with Crippen molar-refractivity contribution in [2.24, 2.45) is 0 Å². The molecule has 2 rings (SSSR count). The molecule has 0 aliphatic heterocycles. The number of benzene rings is 1. The van der Waals surface area contributed by atoms with Gasteiger partial charge in [-0.3, -0.25) is 10.1 Å². The molecule has 0 saturated heterocycles. The largest absolute Gasteiger partial charge is 0.444 e. The Balaban J connectivity index is 2.18. The first-order valence-electron chi connectivity index (χ1n) is 6.39. The molecular weight excluding hydrogens is 272 g/mol. The second-order valence-corrected chi connectivity index (χ2v) is 5.44. The van der Waals surface area contributed by atoms with Crippen molar-refractivity contribution >= 4 is 18.1 Å². The first-order valence-corrected chi connectivity index (χ1v) is 6.39. The maximum Gasteiger partial charge on any atom is 0.412 e. The summed E-state index contributed by atoms with van der Waals surface area (Å²) in [4.78, 5) is 22.4. The number of rotatable bonds is 3. The van der Waals surface area contributed by atoms with Crippen LogP contribution in [0.1, 0.15) is 31.1 Å². The van der Waals surface area contributed by atoms with Crippen LogP contribution in [0.2, 0.25) is 0 Å². The van der Waals surface area contributed by atoms with Crippen LogP contribution in [0.3, 0.4) is 0 Å². The van der Waals surface area contributed by atoms with Crippen LogP contribution in [-0.4, -0.2) is 23.1 Å². The summed E-state index contributed by atoms with van der Waals surface area (Å²) in [5.74, 6) is 0. The minimum Gasteiger partial charge on any atom is -0.444 e. The molecule has 0 saturated carbocycles. The second-order valence-electron chi connectivity index (χ2n) is 5.44. The molecule has 110 valence electrons. The molecule has 0 unspecified atom stereocenters. The molecule has 0 aliphatic carbocycles. The van der Waals surface area contributed by atoms with Gasteiger partial charge in [-0.15, -0.1) is 0 Å². The van der Waals surface area contributed by atoms with Gasteiger partial charge in [-0.05, 0) is 20.8 Å². The number of ether oxygens (including phenoxy) is 1. The van der Waals surface area contributed by atoms with Gasteiger partial charge in [0.05, 0.1) is 0 Å². The lowest BCUT2D eigenvalue weighted by Crippen LogP contribution is -2.27. The summed E-state index contributed by atoms with van der Waals surface area (Å²) < 4.78 is 10.1. The average molecular weight is 288 g/mol. The number of nitrogens with zero attached hydrogens (tertiary/aromatic N) is 1. The first-order chi connectivity index (χ1) is 9.89. The van der Waals surface area contributed by atoms with E-state index in [0.29, 0.717) is 16.9 Å². The zero-order valence-corrected chi connectivity index (χ0v) is 12.0. The number of aromatic nitrogens is 1. The third-order valence-electron chi connectivity index (χ3n) is 2.53. The van der Waals surface area contributed by atoms with E-state index >= 15 is 0 Å². The summed E-state index contributed by atoms with van der Waals surface area (Å²) in [5.41, 5.74) is 1.57. The van der Waals surface area contributed by atoms with Crippen LogP contribution in [0, 0.1) is 0 Å². The Labute approximate surface area is 122 Å². The summed E-state index contributed by atoms with van der Waals surface area (Å²) >= 11 is 0. The van der Waals surface area contributed by atoms with Gasteiger partial charge >= 0.3 is 6.09 Å². The van der Waals surface area contributed by atoms with E-state index in [1.165, 1.54) is 6.26 Å². The molecule has 0 aliphatic rings. The van der Waals surface area contributed by atoms with Crippen LogP contribution in [0.5, 0.6) is 0 Å². The quantitative estimate of drug-likeness (QED) is 0.874. The normalized spacial score (nSPS) is 11.0. The predicted molar refractivity (Wildman–Crippen MR) is 77.2 cm³/mol. The molecule has 0 spiro atoms. The van der Waals surface area contributed by atoms with Crippen molar-refractivity contribution in [3.8, 4) is 11.3 Å². The summed E-state index contributed by atoms with van der Waals surface area (Å²) in [6, 6.07) is 6.77. The fourth-order valence-corrected chi connectivity index (χ4v) is 1.67. The van der Waals surface area contributed by atoms with E-state index in [2.05, 4.69) is 10.5 Å². The van der Waals surface area contributed by atoms with E-state index in [4.69, 9.17) is 9.26 Å². The van der Waals surface area contributed by atoms with Crippen LogP contribution in [0.4, 0.5) is 10.5 Å². The average Bonchev–Trinajstić information content (AvgIpc) is 2.84. The highest BCUT2D eigenvalue weighted by Crippen LogP contribution is 2.27. The zero-order chi connectivity index (χ0) is 15.5. The highest BCUT2D eigenvalue weighted by molar-refractivity contribution is 5.90. The molecule has 1 aromatic heterocycles. The number of aldehydes is 1. The fraction of sp³-hybridized carbons (Fsp3) is 0.267. The standard InChI is InChI=1S/C15H16N2O4/c1-15(2,3)21-14(19)16-12-9-20-17-13(12)11-6-4-10(8-18)5-7-11/h4-9H,1-3H3,(H,16,19). The van der Waals surface area contributed by atoms with Crippen molar-refractivity contribution in [3.05, 3.63) is 36.1 Å². The number of amides is 1. The number of hydrogen-bond donors (Lipinski definition) is 1. The van der Waals surface area contributed by atoms with Gasteiger partial charge in [0.2, 0.25) is 0 Å². The van der Waals surface area contributed by atoms with E-state index in [9.17, 15) is 9.59 Å². The molecule has 1 heterocycles. The SMILES string of the molecule is CC(C)(C)OC(=O)Nc1conc1-c1ccc(C=O)cc1. The van der Waals surface area contributed by atoms with Crippen LogP contribution >= 0.6 is 0 Å². The lowest BCUT2D eigenvalue weighted by atomic mass is 10.1. The summed E-state index contributed by atoms with van der Waals surface area (Å²) in [5, 5.41) is 6.45. The number of hydrogen-bond acceptors (Lipinski definition) is 5. The topological polar surface area (TPSA) is 81.4 Å². The van der Waals surface area contributed by atoms with Gasteiger partial charge in [0.15, 0.2) is 0 Å². The lowest BCUT2D eigenvalue weighted by Gasteiger charge is -2.19. The van der Waals surface area contributed by atoms with E-state index in [0.717, 1.165) is 11.8 Å².